The Balaban J connectivity index is 2.38. The van der Waals surface area contributed by atoms with Gasteiger partial charge < -0.3 is 31.9 Å². The third-order valence-electron chi connectivity index (χ3n) is 5.82. The van der Waals surface area contributed by atoms with E-state index in [-0.39, 0.29) is 11.9 Å². The molecule has 1 aliphatic rings. The number of piperazine rings is 1. The Hall–Kier alpha value is -3.04. The molecular weight excluding hydrogens is 428 g/mol. The van der Waals surface area contributed by atoms with E-state index < -0.39 is 0 Å². The highest BCUT2D eigenvalue weighted by Gasteiger charge is 2.24. The first kappa shape index (κ1) is 29.0. The maximum absolute atomic E-state index is 7.16. The zero-order chi connectivity index (χ0) is 25.3. The van der Waals surface area contributed by atoms with Crippen molar-refractivity contribution in [2.45, 2.75) is 51.6 Å². The van der Waals surface area contributed by atoms with Gasteiger partial charge in [-0.3, -0.25) is 10.8 Å². The lowest BCUT2D eigenvalue weighted by Crippen LogP contribution is -2.52. The molecule has 192 valence electrons. The SMILES string of the molecule is CC1CN(C=CC=[N+](C)CCCCNC(=N)N)C(C)CN1C=CC=[N+](C)CCCCNC(=N)N. The van der Waals surface area contributed by atoms with E-state index in [1.54, 1.807) is 0 Å². The van der Waals surface area contributed by atoms with E-state index in [1.165, 1.54) is 0 Å². The van der Waals surface area contributed by atoms with Gasteiger partial charge in [-0.05, 0) is 26.7 Å². The van der Waals surface area contributed by atoms with E-state index in [9.17, 15) is 0 Å². The fraction of sp³-hybridized carbons (Fsp3) is 0.667. The van der Waals surface area contributed by atoms with Crippen molar-refractivity contribution in [1.29, 1.82) is 10.8 Å². The van der Waals surface area contributed by atoms with Crippen LogP contribution in [-0.4, -0.2) is 109 Å². The molecule has 1 saturated heterocycles. The van der Waals surface area contributed by atoms with E-state index in [1.807, 2.05) is 0 Å². The molecule has 1 rings (SSSR count). The lowest BCUT2D eigenvalue weighted by molar-refractivity contribution is -0.492. The summed E-state index contributed by atoms with van der Waals surface area (Å²) in [5.41, 5.74) is 10.6. The van der Waals surface area contributed by atoms with E-state index in [0.29, 0.717) is 12.1 Å². The molecule has 2 unspecified atom stereocenters. The Morgan fingerprint density at radius 1 is 0.794 bits per heavy atom. The number of nitrogens with one attached hydrogen (secondary N) is 4. The van der Waals surface area contributed by atoms with Gasteiger partial charge in [-0.25, -0.2) is 9.15 Å². The zero-order valence-corrected chi connectivity index (χ0v) is 21.6. The first-order chi connectivity index (χ1) is 16.2. The highest BCUT2D eigenvalue weighted by molar-refractivity contribution is 5.74. The minimum absolute atomic E-state index is 0.0406. The van der Waals surface area contributed by atoms with Crippen LogP contribution in [0.1, 0.15) is 39.5 Å². The average Bonchev–Trinajstić information content (AvgIpc) is 2.75. The van der Waals surface area contributed by atoms with Crippen LogP contribution in [0.5, 0.6) is 0 Å². The van der Waals surface area contributed by atoms with E-state index >= 15 is 0 Å². The lowest BCUT2D eigenvalue weighted by Gasteiger charge is -2.43. The van der Waals surface area contributed by atoms with Crippen LogP contribution in [0.4, 0.5) is 0 Å². The minimum Gasteiger partial charge on any atom is -0.371 e. The average molecular weight is 477 g/mol. The monoisotopic (exact) mass is 476 g/mol. The fourth-order valence-corrected chi connectivity index (χ4v) is 3.75. The predicted molar refractivity (Wildman–Crippen MR) is 143 cm³/mol. The molecule has 0 aromatic carbocycles. The third kappa shape index (κ3) is 13.5. The lowest BCUT2D eigenvalue weighted by atomic mass is 10.1. The molecule has 0 bridgehead atoms. The van der Waals surface area contributed by atoms with Gasteiger partial charge in [-0.1, -0.05) is 0 Å². The first-order valence-electron chi connectivity index (χ1n) is 12.3. The van der Waals surface area contributed by atoms with Gasteiger partial charge in [0, 0.05) is 75.7 Å². The fourth-order valence-electron chi connectivity index (χ4n) is 3.75. The second-order valence-electron chi connectivity index (χ2n) is 9.13. The number of hydrogen-bond acceptors (Lipinski definition) is 4. The third-order valence-corrected chi connectivity index (χ3v) is 5.82. The Morgan fingerprint density at radius 2 is 1.18 bits per heavy atom. The summed E-state index contributed by atoms with van der Waals surface area (Å²) in [6.07, 6.45) is 17.1. The molecule has 0 aromatic heterocycles. The number of hydrogen-bond donors (Lipinski definition) is 6. The van der Waals surface area contributed by atoms with Gasteiger partial charge in [0.25, 0.3) is 0 Å². The number of guanidine groups is 2. The summed E-state index contributed by atoms with van der Waals surface area (Å²) >= 11 is 0. The molecule has 34 heavy (non-hydrogen) atoms. The van der Waals surface area contributed by atoms with Gasteiger partial charge in [-0.2, -0.15) is 0 Å². The molecule has 1 fully saturated rings. The van der Waals surface area contributed by atoms with Crippen molar-refractivity contribution in [2.75, 3.05) is 53.4 Å². The smallest absolute Gasteiger partial charge is 0.185 e. The molecule has 1 aliphatic heterocycles. The van der Waals surface area contributed by atoms with Crippen LogP contribution in [0.25, 0.3) is 0 Å². The summed E-state index contributed by atoms with van der Waals surface area (Å²) in [6, 6.07) is 0.889. The first-order valence-corrected chi connectivity index (χ1v) is 12.3. The van der Waals surface area contributed by atoms with Crippen LogP contribution in [0.15, 0.2) is 24.6 Å². The second-order valence-corrected chi connectivity index (χ2v) is 9.13. The largest absolute Gasteiger partial charge is 0.371 e. The summed E-state index contributed by atoms with van der Waals surface area (Å²) in [5, 5.41) is 20.0. The van der Waals surface area contributed by atoms with Crippen LogP contribution >= 0.6 is 0 Å². The summed E-state index contributed by atoms with van der Waals surface area (Å²) in [4.78, 5) is 4.84. The second kappa shape index (κ2) is 16.6. The molecular formula is C24H48N10+2. The molecule has 0 aliphatic carbocycles. The molecule has 10 heteroatoms. The van der Waals surface area contributed by atoms with Crippen LogP contribution in [-0.2, 0) is 0 Å². The topological polar surface area (TPSA) is 136 Å². The minimum atomic E-state index is 0.0406. The standard InChI is InChI=1S/C24H48N10/c1-21-19-34(18-10-16-32(4)14-8-6-12-30-24(27)28)22(2)20-33(21)17-9-15-31(3)13-7-5-11-29-23(25)26/h9-10,15-18,21-22H,5-8,11-14,19-20H2,1-4H3,(H4,25,26,29)(H4,27,28,30)/q+2. The van der Waals surface area contributed by atoms with Gasteiger partial charge in [-0.15, -0.1) is 0 Å². The van der Waals surface area contributed by atoms with Crippen LogP contribution < -0.4 is 22.1 Å². The summed E-state index contributed by atoms with van der Waals surface area (Å²) in [6.45, 7) is 10.00. The Bertz CT molecular complexity index is 678. The number of rotatable bonds is 14. The Kier molecular flexibility index (Phi) is 14.1. The highest BCUT2D eigenvalue weighted by Crippen LogP contribution is 2.15. The van der Waals surface area contributed by atoms with Crippen molar-refractivity contribution in [2.24, 2.45) is 11.5 Å². The summed E-state index contributed by atoms with van der Waals surface area (Å²) in [5.74, 6) is 0.0812. The van der Waals surface area contributed by atoms with Crippen molar-refractivity contribution in [1.82, 2.24) is 20.4 Å². The summed E-state index contributed by atoms with van der Waals surface area (Å²) < 4.78 is 4.40. The number of allylic oxidation sites excluding steroid dienone is 2. The van der Waals surface area contributed by atoms with Crippen molar-refractivity contribution < 1.29 is 9.15 Å². The number of unbranched alkanes of at least 4 members (excludes halogenated alkanes) is 2. The molecule has 0 amide bonds. The molecule has 1 heterocycles. The molecule has 10 nitrogen and oxygen atoms in total. The maximum atomic E-state index is 7.16. The van der Waals surface area contributed by atoms with Gasteiger partial charge in [0.1, 0.15) is 27.2 Å². The Morgan fingerprint density at radius 3 is 1.53 bits per heavy atom. The van der Waals surface area contributed by atoms with E-state index in [2.05, 4.69) is 94.5 Å². The van der Waals surface area contributed by atoms with Gasteiger partial charge in [0.05, 0.1) is 0 Å². The van der Waals surface area contributed by atoms with Crippen molar-refractivity contribution in [3.63, 3.8) is 0 Å². The van der Waals surface area contributed by atoms with Crippen LogP contribution in [0.3, 0.4) is 0 Å². The molecule has 0 aromatic rings. The highest BCUT2D eigenvalue weighted by atomic mass is 15.3. The van der Waals surface area contributed by atoms with Crippen molar-refractivity contribution >= 4 is 24.3 Å². The normalized spacial score (nSPS) is 19.8. The predicted octanol–water partition coefficient (Wildman–Crippen LogP) is 0.361. The Labute approximate surface area is 206 Å². The molecule has 2 atom stereocenters. The van der Waals surface area contributed by atoms with Crippen molar-refractivity contribution in [3.05, 3.63) is 24.6 Å². The number of nitrogens with zero attached hydrogens (tertiary/aromatic N) is 4. The molecule has 0 saturated carbocycles. The van der Waals surface area contributed by atoms with E-state index in [4.69, 9.17) is 22.3 Å². The van der Waals surface area contributed by atoms with Gasteiger partial charge in [0.2, 0.25) is 0 Å². The van der Waals surface area contributed by atoms with Crippen LogP contribution in [0, 0.1) is 10.8 Å². The summed E-state index contributed by atoms with van der Waals surface area (Å²) in [7, 11) is 4.18. The quantitative estimate of drug-likeness (QED) is 0.0927. The molecule has 8 N–H and O–H groups in total. The number of nitrogens with two attached hydrogens (primary N) is 2. The van der Waals surface area contributed by atoms with Crippen molar-refractivity contribution in [3.8, 4) is 0 Å². The van der Waals surface area contributed by atoms with Gasteiger partial charge >= 0.3 is 0 Å². The zero-order valence-electron chi connectivity index (χ0n) is 21.6. The van der Waals surface area contributed by atoms with Gasteiger partial charge in [0.15, 0.2) is 24.3 Å². The molecule has 0 spiro atoms. The molecule has 0 radical (unpaired) electrons. The maximum Gasteiger partial charge on any atom is 0.185 e. The van der Waals surface area contributed by atoms with Crippen LogP contribution in [0.2, 0.25) is 0 Å². The van der Waals surface area contributed by atoms with E-state index in [0.717, 1.165) is 65.0 Å².